The molecule has 4 nitrogen and oxygen atoms in total. The Kier molecular flexibility index (Phi) is 4.80. The van der Waals surface area contributed by atoms with Gasteiger partial charge < -0.3 is 14.8 Å². The largest absolute Gasteiger partial charge is 0.495 e. The van der Waals surface area contributed by atoms with Gasteiger partial charge in [0.05, 0.1) is 12.8 Å². The SMILES string of the molecule is COc1ccc(C)cc1NC(=O)CC1CCOCC1. The zero-order valence-corrected chi connectivity index (χ0v) is 11.6. The first-order valence-electron chi connectivity index (χ1n) is 6.71. The molecular formula is C15H21NO3. The number of methoxy groups -OCH3 is 1. The van der Waals surface area contributed by atoms with Crippen LogP contribution < -0.4 is 10.1 Å². The minimum absolute atomic E-state index is 0.0517. The Balaban J connectivity index is 1.95. The summed E-state index contributed by atoms with van der Waals surface area (Å²) in [5.41, 5.74) is 1.85. The summed E-state index contributed by atoms with van der Waals surface area (Å²) in [4.78, 5) is 12.1. The van der Waals surface area contributed by atoms with Gasteiger partial charge in [-0.2, -0.15) is 0 Å². The molecule has 1 aromatic rings. The van der Waals surface area contributed by atoms with Crippen LogP contribution in [0.15, 0.2) is 18.2 Å². The first-order chi connectivity index (χ1) is 9.19. The Hall–Kier alpha value is -1.55. The fourth-order valence-corrected chi connectivity index (χ4v) is 2.33. The second-order valence-corrected chi connectivity index (χ2v) is 5.01. The number of hydrogen-bond donors (Lipinski definition) is 1. The van der Waals surface area contributed by atoms with Crippen molar-refractivity contribution < 1.29 is 14.3 Å². The van der Waals surface area contributed by atoms with Gasteiger partial charge in [0.25, 0.3) is 0 Å². The summed E-state index contributed by atoms with van der Waals surface area (Å²) < 4.78 is 10.6. The van der Waals surface area contributed by atoms with Crippen molar-refractivity contribution in [3.05, 3.63) is 23.8 Å². The van der Waals surface area contributed by atoms with Crippen LogP contribution in [-0.2, 0) is 9.53 Å². The topological polar surface area (TPSA) is 47.6 Å². The van der Waals surface area contributed by atoms with Gasteiger partial charge in [0.1, 0.15) is 5.75 Å². The summed E-state index contributed by atoms with van der Waals surface area (Å²) in [5, 5.41) is 2.94. The van der Waals surface area contributed by atoms with E-state index in [-0.39, 0.29) is 5.91 Å². The molecule has 0 bridgehead atoms. The monoisotopic (exact) mass is 263 g/mol. The quantitative estimate of drug-likeness (QED) is 0.908. The summed E-state index contributed by atoms with van der Waals surface area (Å²) in [5.74, 6) is 1.19. The van der Waals surface area contributed by atoms with Crippen molar-refractivity contribution in [2.75, 3.05) is 25.6 Å². The molecule has 0 atom stereocenters. The Labute approximate surface area is 114 Å². The Morgan fingerprint density at radius 3 is 2.84 bits per heavy atom. The maximum Gasteiger partial charge on any atom is 0.224 e. The molecule has 1 N–H and O–H groups in total. The Morgan fingerprint density at radius 2 is 2.16 bits per heavy atom. The lowest BCUT2D eigenvalue weighted by molar-refractivity contribution is -0.117. The van der Waals surface area contributed by atoms with E-state index in [4.69, 9.17) is 9.47 Å². The minimum atomic E-state index is 0.0517. The van der Waals surface area contributed by atoms with Crippen molar-refractivity contribution >= 4 is 11.6 Å². The third-order valence-corrected chi connectivity index (χ3v) is 3.44. The number of aryl methyl sites for hydroxylation is 1. The first kappa shape index (κ1) is 13.9. The van der Waals surface area contributed by atoms with Crippen LogP contribution in [0.25, 0.3) is 0 Å². The predicted molar refractivity (Wildman–Crippen MR) is 74.5 cm³/mol. The van der Waals surface area contributed by atoms with Crippen LogP contribution in [0.5, 0.6) is 5.75 Å². The standard InChI is InChI=1S/C15H21NO3/c1-11-3-4-14(18-2)13(9-11)16-15(17)10-12-5-7-19-8-6-12/h3-4,9,12H,5-8,10H2,1-2H3,(H,16,17). The van der Waals surface area contributed by atoms with Gasteiger partial charge in [0.15, 0.2) is 0 Å². The van der Waals surface area contributed by atoms with Crippen molar-refractivity contribution in [3.8, 4) is 5.75 Å². The second kappa shape index (κ2) is 6.57. The van der Waals surface area contributed by atoms with Gasteiger partial charge >= 0.3 is 0 Å². The van der Waals surface area contributed by atoms with Crippen LogP contribution in [0, 0.1) is 12.8 Å². The smallest absolute Gasteiger partial charge is 0.224 e. The van der Waals surface area contributed by atoms with E-state index in [1.54, 1.807) is 7.11 Å². The molecule has 1 aliphatic rings. The highest BCUT2D eigenvalue weighted by Gasteiger charge is 2.18. The summed E-state index contributed by atoms with van der Waals surface area (Å²) >= 11 is 0. The number of amides is 1. The van der Waals surface area contributed by atoms with Crippen LogP contribution in [-0.4, -0.2) is 26.2 Å². The summed E-state index contributed by atoms with van der Waals surface area (Å²) in [6, 6.07) is 5.77. The van der Waals surface area contributed by atoms with Crippen molar-refractivity contribution in [3.63, 3.8) is 0 Å². The van der Waals surface area contributed by atoms with Crippen LogP contribution in [0.1, 0.15) is 24.8 Å². The highest BCUT2D eigenvalue weighted by atomic mass is 16.5. The molecule has 1 amide bonds. The predicted octanol–water partition coefficient (Wildman–Crippen LogP) is 2.76. The number of carbonyl (C=O) groups excluding carboxylic acids is 1. The third kappa shape index (κ3) is 3.96. The second-order valence-electron chi connectivity index (χ2n) is 5.01. The van der Waals surface area contributed by atoms with Crippen LogP contribution in [0.4, 0.5) is 5.69 Å². The number of rotatable bonds is 4. The van der Waals surface area contributed by atoms with Crippen molar-refractivity contribution in [2.45, 2.75) is 26.2 Å². The normalized spacial score (nSPS) is 16.1. The van der Waals surface area contributed by atoms with E-state index in [1.807, 2.05) is 25.1 Å². The molecule has 1 aromatic carbocycles. The lowest BCUT2D eigenvalue weighted by Crippen LogP contribution is -2.22. The van der Waals surface area contributed by atoms with E-state index in [2.05, 4.69) is 5.32 Å². The van der Waals surface area contributed by atoms with E-state index in [1.165, 1.54) is 0 Å². The highest BCUT2D eigenvalue weighted by Crippen LogP contribution is 2.26. The Bertz CT molecular complexity index is 439. The molecule has 104 valence electrons. The Morgan fingerprint density at radius 1 is 1.42 bits per heavy atom. The van der Waals surface area contributed by atoms with Gasteiger partial charge in [-0.15, -0.1) is 0 Å². The minimum Gasteiger partial charge on any atom is -0.495 e. The fraction of sp³-hybridized carbons (Fsp3) is 0.533. The lowest BCUT2D eigenvalue weighted by Gasteiger charge is -2.21. The molecule has 1 aliphatic heterocycles. The van der Waals surface area contributed by atoms with E-state index in [0.29, 0.717) is 18.1 Å². The molecule has 19 heavy (non-hydrogen) atoms. The molecule has 0 aromatic heterocycles. The molecule has 0 spiro atoms. The van der Waals surface area contributed by atoms with E-state index in [9.17, 15) is 4.79 Å². The molecule has 2 rings (SSSR count). The van der Waals surface area contributed by atoms with E-state index in [0.717, 1.165) is 37.3 Å². The average Bonchev–Trinajstić information content (AvgIpc) is 2.40. The van der Waals surface area contributed by atoms with Crippen LogP contribution in [0.3, 0.4) is 0 Å². The van der Waals surface area contributed by atoms with Gasteiger partial charge in [-0.05, 0) is 43.4 Å². The number of ether oxygens (including phenoxy) is 2. The molecule has 0 aliphatic carbocycles. The molecule has 1 fully saturated rings. The number of anilines is 1. The number of benzene rings is 1. The van der Waals surface area contributed by atoms with E-state index >= 15 is 0 Å². The molecule has 1 heterocycles. The summed E-state index contributed by atoms with van der Waals surface area (Å²) in [6.45, 7) is 3.53. The maximum atomic E-state index is 12.1. The molecule has 0 radical (unpaired) electrons. The van der Waals surface area contributed by atoms with Gasteiger partial charge in [-0.3, -0.25) is 4.79 Å². The molecule has 1 saturated heterocycles. The maximum absolute atomic E-state index is 12.1. The van der Waals surface area contributed by atoms with Crippen LogP contribution in [0.2, 0.25) is 0 Å². The number of carbonyl (C=O) groups is 1. The highest BCUT2D eigenvalue weighted by molar-refractivity contribution is 5.92. The zero-order chi connectivity index (χ0) is 13.7. The fourth-order valence-electron chi connectivity index (χ4n) is 2.33. The van der Waals surface area contributed by atoms with Gasteiger partial charge in [-0.1, -0.05) is 6.07 Å². The molecule has 4 heteroatoms. The summed E-state index contributed by atoms with van der Waals surface area (Å²) in [6.07, 6.45) is 2.50. The first-order valence-corrected chi connectivity index (χ1v) is 6.71. The van der Waals surface area contributed by atoms with Gasteiger partial charge in [0, 0.05) is 19.6 Å². The van der Waals surface area contributed by atoms with Gasteiger partial charge in [-0.25, -0.2) is 0 Å². The van der Waals surface area contributed by atoms with Gasteiger partial charge in [0.2, 0.25) is 5.91 Å². The molecule has 0 saturated carbocycles. The zero-order valence-electron chi connectivity index (χ0n) is 11.6. The van der Waals surface area contributed by atoms with Crippen molar-refractivity contribution in [2.24, 2.45) is 5.92 Å². The van der Waals surface area contributed by atoms with E-state index < -0.39 is 0 Å². The summed E-state index contributed by atoms with van der Waals surface area (Å²) in [7, 11) is 1.61. The van der Waals surface area contributed by atoms with Crippen molar-refractivity contribution in [1.29, 1.82) is 0 Å². The van der Waals surface area contributed by atoms with Crippen molar-refractivity contribution in [1.82, 2.24) is 0 Å². The molecule has 0 unspecified atom stereocenters. The molecular weight excluding hydrogens is 242 g/mol. The average molecular weight is 263 g/mol. The lowest BCUT2D eigenvalue weighted by atomic mass is 9.96. The number of nitrogens with one attached hydrogen (secondary N) is 1. The third-order valence-electron chi connectivity index (χ3n) is 3.44. The number of hydrogen-bond acceptors (Lipinski definition) is 3. The van der Waals surface area contributed by atoms with Crippen LogP contribution >= 0.6 is 0 Å².